The largest absolute Gasteiger partial charge is 0.367 e. The average Bonchev–Trinajstić information content (AvgIpc) is 2.39. The molecule has 1 aliphatic rings. The van der Waals surface area contributed by atoms with Crippen molar-refractivity contribution in [3.8, 4) is 0 Å². The lowest BCUT2D eigenvalue weighted by molar-refractivity contribution is 0.142. The van der Waals surface area contributed by atoms with Crippen LogP contribution in [0.5, 0.6) is 0 Å². The molecule has 1 heteroatoms. The van der Waals surface area contributed by atoms with Gasteiger partial charge in [0.05, 0.1) is 0 Å². The molecule has 2 atom stereocenters. The zero-order valence-electron chi connectivity index (χ0n) is 11.3. The molecule has 0 radical (unpaired) electrons. The molecule has 0 spiro atoms. The van der Waals surface area contributed by atoms with Crippen LogP contribution < -0.4 is 0 Å². The van der Waals surface area contributed by atoms with Crippen LogP contribution in [0.25, 0.3) is 0 Å². The quantitative estimate of drug-likeness (QED) is 0.677. The minimum atomic E-state index is 0.334. The van der Waals surface area contributed by atoms with Gasteiger partial charge in [-0.1, -0.05) is 27.4 Å². The van der Waals surface area contributed by atoms with E-state index in [0.717, 1.165) is 0 Å². The molecule has 0 saturated carbocycles. The Bertz CT molecular complexity index is 242. The lowest BCUT2D eigenvalue weighted by atomic mass is 9.85. The fourth-order valence-electron chi connectivity index (χ4n) is 3.11. The third-order valence-electron chi connectivity index (χ3n) is 4.06. The van der Waals surface area contributed by atoms with Crippen molar-refractivity contribution in [3.63, 3.8) is 0 Å². The minimum Gasteiger partial charge on any atom is -0.367 e. The van der Waals surface area contributed by atoms with E-state index in [9.17, 15) is 0 Å². The lowest BCUT2D eigenvalue weighted by Gasteiger charge is -2.40. The van der Waals surface area contributed by atoms with E-state index in [1.165, 1.54) is 18.5 Å². The minimum absolute atomic E-state index is 0.334. The molecule has 0 aliphatic carbocycles. The molecule has 1 fully saturated rings. The second-order valence-electron chi connectivity index (χ2n) is 5.86. The van der Waals surface area contributed by atoms with Crippen LogP contribution in [0.15, 0.2) is 12.3 Å². The molecule has 1 nitrogen and oxygen atoms in total. The van der Waals surface area contributed by atoms with Gasteiger partial charge in [-0.15, -0.1) is 0 Å². The highest BCUT2D eigenvalue weighted by Gasteiger charge is 2.44. The Morgan fingerprint density at radius 1 is 1.40 bits per heavy atom. The Morgan fingerprint density at radius 2 is 1.93 bits per heavy atom. The van der Waals surface area contributed by atoms with Crippen LogP contribution in [0.1, 0.15) is 54.4 Å². The van der Waals surface area contributed by atoms with Crippen LogP contribution in [0.3, 0.4) is 0 Å². The number of allylic oxidation sites excluding steroid dienone is 1. The molecular formula is C14H27N. The van der Waals surface area contributed by atoms with E-state index in [4.69, 9.17) is 0 Å². The first kappa shape index (κ1) is 12.6. The molecule has 0 N–H and O–H groups in total. The number of likely N-dealkylation sites (tertiary alicyclic amines) is 1. The molecule has 0 aromatic carbocycles. The third kappa shape index (κ3) is 2.07. The van der Waals surface area contributed by atoms with Gasteiger partial charge in [-0.2, -0.15) is 0 Å². The Kier molecular flexibility index (Phi) is 3.52. The Labute approximate surface area is 95.5 Å². The Balaban J connectivity index is 2.98. The van der Waals surface area contributed by atoms with Gasteiger partial charge < -0.3 is 4.90 Å². The predicted octanol–water partition coefficient (Wildman–Crippen LogP) is 4.06. The highest BCUT2D eigenvalue weighted by molar-refractivity contribution is 5.16. The van der Waals surface area contributed by atoms with E-state index in [1.807, 2.05) is 0 Å². The first-order chi connectivity index (χ1) is 6.83. The van der Waals surface area contributed by atoms with Crippen LogP contribution >= 0.6 is 0 Å². The molecule has 0 aromatic rings. The molecule has 1 heterocycles. The number of hydrogen-bond donors (Lipinski definition) is 0. The third-order valence-corrected chi connectivity index (χ3v) is 4.06. The number of hydrogen-bond acceptors (Lipinski definition) is 1. The molecule has 2 unspecified atom stereocenters. The second kappa shape index (κ2) is 4.19. The van der Waals surface area contributed by atoms with Gasteiger partial charge in [0.1, 0.15) is 0 Å². The molecule has 1 rings (SSSR count). The molecular weight excluding hydrogens is 182 g/mol. The van der Waals surface area contributed by atoms with Crippen molar-refractivity contribution in [1.29, 1.82) is 0 Å². The first-order valence-electron chi connectivity index (χ1n) is 6.31. The molecule has 0 bridgehead atoms. The zero-order chi connectivity index (χ0) is 11.8. The molecule has 1 aliphatic heterocycles. The number of nitrogens with zero attached hydrogens (tertiary/aromatic N) is 1. The first-order valence-corrected chi connectivity index (χ1v) is 6.31. The monoisotopic (exact) mass is 209 g/mol. The van der Waals surface area contributed by atoms with Gasteiger partial charge in [0, 0.05) is 23.2 Å². The summed E-state index contributed by atoms with van der Waals surface area (Å²) in [6.45, 7) is 18.2. The normalized spacial score (nSPS) is 32.1. The van der Waals surface area contributed by atoms with Gasteiger partial charge in [-0.25, -0.2) is 0 Å². The molecule has 0 aromatic heterocycles. The average molecular weight is 209 g/mol. The highest BCUT2D eigenvalue weighted by Crippen LogP contribution is 2.46. The van der Waals surface area contributed by atoms with E-state index < -0.39 is 0 Å². The molecule has 0 amide bonds. The van der Waals surface area contributed by atoms with Crippen LogP contribution in [-0.4, -0.2) is 16.5 Å². The summed E-state index contributed by atoms with van der Waals surface area (Å²) < 4.78 is 0. The smallest absolute Gasteiger partial charge is 0.0377 e. The molecule has 15 heavy (non-hydrogen) atoms. The van der Waals surface area contributed by atoms with Crippen molar-refractivity contribution in [1.82, 2.24) is 4.90 Å². The van der Waals surface area contributed by atoms with Crippen molar-refractivity contribution < 1.29 is 0 Å². The SMILES string of the molecule is C=C1C(C(C)C)CC(C)(CC)N1C(C)C. The fourth-order valence-corrected chi connectivity index (χ4v) is 3.11. The van der Waals surface area contributed by atoms with E-state index >= 15 is 0 Å². The van der Waals surface area contributed by atoms with Crippen molar-refractivity contribution in [3.05, 3.63) is 12.3 Å². The summed E-state index contributed by atoms with van der Waals surface area (Å²) in [4.78, 5) is 2.55. The van der Waals surface area contributed by atoms with Crippen LogP contribution in [-0.2, 0) is 0 Å². The lowest BCUT2D eigenvalue weighted by Crippen LogP contribution is -2.43. The predicted molar refractivity (Wildman–Crippen MR) is 67.8 cm³/mol. The van der Waals surface area contributed by atoms with Gasteiger partial charge in [0.25, 0.3) is 0 Å². The van der Waals surface area contributed by atoms with Crippen molar-refractivity contribution in [2.45, 2.75) is 66.0 Å². The molecule has 1 saturated heterocycles. The zero-order valence-corrected chi connectivity index (χ0v) is 11.3. The maximum absolute atomic E-state index is 4.33. The van der Waals surface area contributed by atoms with Gasteiger partial charge in [0.15, 0.2) is 0 Å². The summed E-state index contributed by atoms with van der Waals surface area (Å²) in [6, 6.07) is 0.575. The van der Waals surface area contributed by atoms with E-state index in [-0.39, 0.29) is 0 Å². The fraction of sp³-hybridized carbons (Fsp3) is 0.857. The van der Waals surface area contributed by atoms with E-state index in [1.54, 1.807) is 0 Å². The second-order valence-corrected chi connectivity index (χ2v) is 5.86. The van der Waals surface area contributed by atoms with Crippen molar-refractivity contribution in [2.75, 3.05) is 0 Å². The maximum atomic E-state index is 4.33. The summed E-state index contributed by atoms with van der Waals surface area (Å²) in [6.07, 6.45) is 2.49. The Hall–Kier alpha value is -0.460. The van der Waals surface area contributed by atoms with Gasteiger partial charge in [-0.05, 0) is 39.5 Å². The van der Waals surface area contributed by atoms with Gasteiger partial charge >= 0.3 is 0 Å². The Morgan fingerprint density at radius 3 is 2.20 bits per heavy atom. The summed E-state index contributed by atoms with van der Waals surface area (Å²) in [7, 11) is 0. The summed E-state index contributed by atoms with van der Waals surface area (Å²) in [5.41, 5.74) is 1.70. The van der Waals surface area contributed by atoms with Crippen LogP contribution in [0.4, 0.5) is 0 Å². The number of rotatable bonds is 3. The highest BCUT2D eigenvalue weighted by atomic mass is 15.3. The van der Waals surface area contributed by atoms with Crippen molar-refractivity contribution in [2.24, 2.45) is 11.8 Å². The summed E-state index contributed by atoms with van der Waals surface area (Å²) >= 11 is 0. The summed E-state index contributed by atoms with van der Waals surface area (Å²) in [5.74, 6) is 1.39. The van der Waals surface area contributed by atoms with Gasteiger partial charge in [-0.3, -0.25) is 0 Å². The topological polar surface area (TPSA) is 3.24 Å². The maximum Gasteiger partial charge on any atom is 0.0377 e. The molecule has 88 valence electrons. The van der Waals surface area contributed by atoms with E-state index in [0.29, 0.717) is 23.4 Å². The van der Waals surface area contributed by atoms with Gasteiger partial charge in [0.2, 0.25) is 0 Å². The summed E-state index contributed by atoms with van der Waals surface area (Å²) in [5, 5.41) is 0. The van der Waals surface area contributed by atoms with Crippen molar-refractivity contribution >= 4 is 0 Å². The van der Waals surface area contributed by atoms with Crippen LogP contribution in [0, 0.1) is 11.8 Å². The van der Waals surface area contributed by atoms with E-state index in [2.05, 4.69) is 53.0 Å². The van der Waals surface area contributed by atoms with Crippen LogP contribution in [0.2, 0.25) is 0 Å². The standard InChI is InChI=1S/C14H27N/c1-8-14(7)9-13(10(2)3)12(6)15(14)11(4)5/h10-11,13H,6,8-9H2,1-5,7H3.